The van der Waals surface area contributed by atoms with Gasteiger partial charge in [-0.1, -0.05) is 76.6 Å². The largest absolute Gasteiger partial charge is 0.228 e. The van der Waals surface area contributed by atoms with Crippen LogP contribution in [0, 0.1) is 0 Å². The van der Waals surface area contributed by atoms with Crippen molar-refractivity contribution in [2.75, 3.05) is 10.4 Å². The van der Waals surface area contributed by atoms with Crippen LogP contribution in [0.3, 0.4) is 0 Å². The molecule has 1 atom stereocenters. The Labute approximate surface area is 116 Å². The van der Waals surface area contributed by atoms with Crippen LogP contribution < -0.4 is 0 Å². The van der Waals surface area contributed by atoms with E-state index in [-0.39, 0.29) is 10.4 Å². The molecule has 0 aromatic heterocycles. The molecular weight excluding hydrogens is 356 g/mol. The molecule has 0 bridgehead atoms. The quantitative estimate of drug-likeness (QED) is 0.346. The Morgan fingerprint density at radius 3 is 2.50 bits per heavy atom. The summed E-state index contributed by atoms with van der Waals surface area (Å²) in [5.74, 6) is 0.120. The second-order valence-corrected chi connectivity index (χ2v) is 8.40. The summed E-state index contributed by atoms with van der Waals surface area (Å²) < 4.78 is 22.4. The highest BCUT2D eigenvalue weighted by Crippen LogP contribution is 2.13. The highest BCUT2D eigenvalue weighted by atomic mass is 79.9. The molecule has 0 heterocycles. The zero-order valence-electron chi connectivity index (χ0n) is 9.66. The van der Waals surface area contributed by atoms with E-state index < -0.39 is 9.84 Å². The summed E-state index contributed by atoms with van der Waals surface area (Å²) in [6.07, 6.45) is 9.71. The van der Waals surface area contributed by atoms with Gasteiger partial charge in [0.1, 0.15) is 4.66 Å². The number of alkyl halides is 2. The lowest BCUT2D eigenvalue weighted by atomic mass is 10.1. The number of hydrogen-bond acceptors (Lipinski definition) is 2. The second-order valence-electron chi connectivity index (χ2n) is 3.81. The molecule has 0 radical (unpaired) electrons. The Morgan fingerprint density at radius 2 is 1.94 bits per heavy atom. The highest BCUT2D eigenvalue weighted by Gasteiger charge is 2.05. The van der Waals surface area contributed by atoms with Crippen LogP contribution in [0.4, 0.5) is 0 Å². The fourth-order valence-corrected chi connectivity index (χ4v) is 2.85. The fourth-order valence-electron chi connectivity index (χ4n) is 1.26. The van der Waals surface area contributed by atoms with Crippen molar-refractivity contribution in [3.8, 4) is 0 Å². The minimum absolute atomic E-state index is 0.0355. The Balaban J connectivity index is 3.70. The molecule has 0 saturated carbocycles. The molecule has 0 aromatic rings. The number of halogens is 2. The summed E-state index contributed by atoms with van der Waals surface area (Å²) >= 11 is 6.49. The molecule has 0 aliphatic rings. The van der Waals surface area contributed by atoms with Crippen LogP contribution in [0.15, 0.2) is 12.2 Å². The lowest BCUT2D eigenvalue weighted by molar-refractivity contribution is 0.603. The van der Waals surface area contributed by atoms with Crippen molar-refractivity contribution in [1.82, 2.24) is 0 Å². The number of hydrogen-bond donors (Lipinski definition) is 0. The minimum Gasteiger partial charge on any atom is -0.228 e. The van der Waals surface area contributed by atoms with Crippen LogP contribution in [0.1, 0.15) is 39.0 Å². The van der Waals surface area contributed by atoms with E-state index in [0.717, 1.165) is 6.42 Å². The minimum atomic E-state index is -2.94. The van der Waals surface area contributed by atoms with Crippen LogP contribution in [-0.4, -0.2) is 23.7 Å². The summed E-state index contributed by atoms with van der Waals surface area (Å²) in [7, 11) is -2.94. The first-order valence-electron chi connectivity index (χ1n) is 5.59. The first-order chi connectivity index (χ1) is 7.52. The van der Waals surface area contributed by atoms with Gasteiger partial charge in [-0.15, -0.1) is 0 Å². The van der Waals surface area contributed by atoms with Crippen LogP contribution in [0.5, 0.6) is 0 Å². The predicted molar refractivity (Wildman–Crippen MR) is 78.2 cm³/mol. The summed E-state index contributed by atoms with van der Waals surface area (Å²) in [5.41, 5.74) is 0. The van der Waals surface area contributed by atoms with E-state index in [4.69, 9.17) is 0 Å². The van der Waals surface area contributed by atoms with Crippen molar-refractivity contribution in [1.29, 1.82) is 0 Å². The average Bonchev–Trinajstić information content (AvgIpc) is 2.24. The molecule has 0 aromatic carbocycles. The van der Waals surface area contributed by atoms with Crippen LogP contribution in [0.25, 0.3) is 0 Å². The zero-order chi connectivity index (χ0) is 12.4. The van der Waals surface area contributed by atoms with E-state index >= 15 is 0 Å². The molecule has 0 amide bonds. The summed E-state index contributed by atoms with van der Waals surface area (Å²) in [4.78, 5) is 0.301. The van der Waals surface area contributed by atoms with Crippen molar-refractivity contribution >= 4 is 41.7 Å². The molecule has 0 saturated heterocycles. The van der Waals surface area contributed by atoms with Crippen LogP contribution >= 0.6 is 31.9 Å². The monoisotopic (exact) mass is 374 g/mol. The summed E-state index contributed by atoms with van der Waals surface area (Å²) in [6.45, 7) is 2.19. The van der Waals surface area contributed by atoms with Gasteiger partial charge in [-0.05, 0) is 6.42 Å². The molecule has 1 unspecified atom stereocenters. The topological polar surface area (TPSA) is 34.1 Å². The molecule has 16 heavy (non-hydrogen) atoms. The van der Waals surface area contributed by atoms with Crippen LogP contribution in [0.2, 0.25) is 0 Å². The molecule has 0 aliphatic carbocycles. The lowest BCUT2D eigenvalue weighted by Gasteiger charge is -2.03. The van der Waals surface area contributed by atoms with Gasteiger partial charge in [0.2, 0.25) is 0 Å². The first-order valence-corrected chi connectivity index (χ1v) is 9.44. The SMILES string of the molecule is CCCCCCC(Br)/C=C/CS(=O)(=O)CBr. The Morgan fingerprint density at radius 1 is 1.25 bits per heavy atom. The molecule has 0 rings (SSSR count). The number of sulfone groups is 1. The van der Waals surface area contributed by atoms with Gasteiger partial charge in [0.25, 0.3) is 0 Å². The molecular formula is C11H20Br2O2S. The zero-order valence-corrected chi connectivity index (χ0v) is 13.7. The maximum absolute atomic E-state index is 11.2. The van der Waals surface area contributed by atoms with Crippen LogP contribution in [-0.2, 0) is 9.84 Å². The molecule has 0 spiro atoms. The third kappa shape index (κ3) is 9.85. The molecule has 0 fully saturated rings. The van der Waals surface area contributed by atoms with E-state index in [1.807, 2.05) is 6.08 Å². The van der Waals surface area contributed by atoms with Crippen molar-refractivity contribution in [2.24, 2.45) is 0 Å². The normalized spacial score (nSPS) is 14.4. The maximum Gasteiger partial charge on any atom is 0.163 e. The van der Waals surface area contributed by atoms with Gasteiger partial charge in [-0.3, -0.25) is 0 Å². The van der Waals surface area contributed by atoms with E-state index in [1.165, 1.54) is 25.7 Å². The number of unbranched alkanes of at least 4 members (excludes halogenated alkanes) is 3. The molecule has 0 N–H and O–H groups in total. The van der Waals surface area contributed by atoms with Crippen molar-refractivity contribution in [3.05, 3.63) is 12.2 Å². The van der Waals surface area contributed by atoms with Gasteiger partial charge >= 0.3 is 0 Å². The Bertz CT molecular complexity index is 286. The molecule has 96 valence electrons. The Kier molecular flexibility index (Phi) is 10.0. The lowest BCUT2D eigenvalue weighted by Crippen LogP contribution is -2.05. The highest BCUT2D eigenvalue weighted by molar-refractivity contribution is 9.10. The number of rotatable bonds is 9. The second kappa shape index (κ2) is 9.66. The first kappa shape index (κ1) is 16.6. The van der Waals surface area contributed by atoms with Crippen molar-refractivity contribution in [2.45, 2.75) is 43.9 Å². The van der Waals surface area contributed by atoms with Gasteiger partial charge in [0.05, 0.1) is 5.75 Å². The predicted octanol–water partition coefficient (Wildman–Crippen LogP) is 4.04. The maximum atomic E-state index is 11.2. The fraction of sp³-hybridized carbons (Fsp3) is 0.818. The number of allylic oxidation sites excluding steroid dienone is 1. The standard InChI is InChI=1S/C11H20Br2O2S/c1-2-3-4-5-7-11(13)8-6-9-16(14,15)10-12/h6,8,11H,2-5,7,9-10H2,1H3/b8-6+. The third-order valence-electron chi connectivity index (χ3n) is 2.19. The molecule has 0 aliphatic heterocycles. The van der Waals surface area contributed by atoms with E-state index in [2.05, 4.69) is 38.8 Å². The van der Waals surface area contributed by atoms with Gasteiger partial charge in [0.15, 0.2) is 9.84 Å². The van der Waals surface area contributed by atoms with E-state index in [9.17, 15) is 8.42 Å². The van der Waals surface area contributed by atoms with Gasteiger partial charge in [0, 0.05) is 4.83 Å². The van der Waals surface area contributed by atoms with Gasteiger partial charge in [-0.2, -0.15) is 0 Å². The third-order valence-corrected chi connectivity index (χ3v) is 6.08. The van der Waals surface area contributed by atoms with Crippen molar-refractivity contribution in [3.63, 3.8) is 0 Å². The Hall–Kier alpha value is 0.650. The molecule has 2 nitrogen and oxygen atoms in total. The average molecular weight is 376 g/mol. The summed E-state index contributed by atoms with van der Waals surface area (Å²) in [6, 6.07) is 0. The van der Waals surface area contributed by atoms with Crippen molar-refractivity contribution < 1.29 is 8.42 Å². The van der Waals surface area contributed by atoms with E-state index in [1.54, 1.807) is 6.08 Å². The van der Waals surface area contributed by atoms with Gasteiger partial charge in [-0.25, -0.2) is 8.42 Å². The smallest absolute Gasteiger partial charge is 0.163 e. The van der Waals surface area contributed by atoms with Gasteiger partial charge < -0.3 is 0 Å². The van der Waals surface area contributed by atoms with E-state index in [0.29, 0.717) is 4.83 Å². The summed E-state index contributed by atoms with van der Waals surface area (Å²) in [5, 5.41) is 0. The molecule has 5 heteroatoms.